The normalized spacial score (nSPS) is 12.3. The highest BCUT2D eigenvalue weighted by molar-refractivity contribution is 14.1. The van der Waals surface area contributed by atoms with E-state index in [1.54, 1.807) is 0 Å². The van der Waals surface area contributed by atoms with E-state index in [9.17, 15) is 0 Å². The highest BCUT2D eigenvalue weighted by Gasteiger charge is 2.08. The number of aryl methyl sites for hydroxylation is 1. The van der Waals surface area contributed by atoms with Crippen LogP contribution in [0.3, 0.4) is 0 Å². The third-order valence-corrected chi connectivity index (χ3v) is 4.90. The van der Waals surface area contributed by atoms with Crippen LogP contribution in [-0.2, 0) is 0 Å². The highest BCUT2D eigenvalue weighted by atomic mass is 127. The van der Waals surface area contributed by atoms with Crippen molar-refractivity contribution in [3.05, 3.63) is 61.1 Å². The van der Waals surface area contributed by atoms with E-state index in [0.717, 1.165) is 11.3 Å². The first kappa shape index (κ1) is 14.9. The summed E-state index contributed by atoms with van der Waals surface area (Å²) >= 11 is 14.3. The topological polar surface area (TPSA) is 12.0 Å². The Morgan fingerprint density at radius 3 is 2.42 bits per heavy atom. The molecular weight excluding hydrogens is 392 g/mol. The van der Waals surface area contributed by atoms with Crippen molar-refractivity contribution >= 4 is 51.5 Å². The molecule has 2 aromatic carbocycles. The SMILES string of the molecule is Cc1ccc(NC(C)c2ccc(Cl)c(Cl)c2)cc1I. The lowest BCUT2D eigenvalue weighted by Crippen LogP contribution is -2.06. The Morgan fingerprint density at radius 1 is 1.05 bits per heavy atom. The molecule has 1 atom stereocenters. The number of benzene rings is 2. The van der Waals surface area contributed by atoms with E-state index >= 15 is 0 Å². The molecule has 19 heavy (non-hydrogen) atoms. The van der Waals surface area contributed by atoms with Crippen LogP contribution in [0.15, 0.2) is 36.4 Å². The number of hydrogen-bond donors (Lipinski definition) is 1. The fraction of sp³-hybridized carbons (Fsp3) is 0.200. The third kappa shape index (κ3) is 3.77. The van der Waals surface area contributed by atoms with Gasteiger partial charge in [-0.2, -0.15) is 0 Å². The van der Waals surface area contributed by atoms with E-state index in [4.69, 9.17) is 23.2 Å². The lowest BCUT2D eigenvalue weighted by molar-refractivity contribution is 0.884. The van der Waals surface area contributed by atoms with E-state index in [-0.39, 0.29) is 6.04 Å². The van der Waals surface area contributed by atoms with Gasteiger partial charge in [0.15, 0.2) is 0 Å². The standard InChI is InChI=1S/C15H14Cl2IN/c1-9-3-5-12(8-15(9)18)19-10(2)11-4-6-13(16)14(17)7-11/h3-8,10,19H,1-2H3. The van der Waals surface area contributed by atoms with Crippen LogP contribution in [0.25, 0.3) is 0 Å². The molecule has 0 heterocycles. The average molecular weight is 406 g/mol. The Hall–Kier alpha value is -0.450. The van der Waals surface area contributed by atoms with Crippen molar-refractivity contribution in [1.82, 2.24) is 0 Å². The average Bonchev–Trinajstić information content (AvgIpc) is 2.37. The summed E-state index contributed by atoms with van der Waals surface area (Å²) in [5.41, 5.74) is 3.51. The van der Waals surface area contributed by atoms with Crippen LogP contribution in [0.4, 0.5) is 5.69 Å². The van der Waals surface area contributed by atoms with Gasteiger partial charge >= 0.3 is 0 Å². The number of hydrogen-bond acceptors (Lipinski definition) is 1. The first-order chi connectivity index (χ1) is 8.97. The minimum absolute atomic E-state index is 0.174. The van der Waals surface area contributed by atoms with Crippen LogP contribution in [0.2, 0.25) is 10.0 Å². The molecule has 4 heteroatoms. The Kier molecular flexibility index (Phi) is 4.98. The molecular formula is C15H14Cl2IN. The molecule has 0 spiro atoms. The summed E-state index contributed by atoms with van der Waals surface area (Å²) in [7, 11) is 0. The predicted octanol–water partition coefficient (Wildman–Crippen LogP) is 6.08. The molecule has 2 aromatic rings. The van der Waals surface area contributed by atoms with E-state index in [1.807, 2.05) is 18.2 Å². The smallest absolute Gasteiger partial charge is 0.0595 e. The van der Waals surface area contributed by atoms with Gasteiger partial charge in [0.1, 0.15) is 0 Å². The van der Waals surface area contributed by atoms with Crippen LogP contribution in [0.5, 0.6) is 0 Å². The van der Waals surface area contributed by atoms with E-state index in [1.165, 1.54) is 9.13 Å². The number of rotatable bonds is 3. The summed E-state index contributed by atoms with van der Waals surface area (Å²) in [4.78, 5) is 0. The lowest BCUT2D eigenvalue weighted by atomic mass is 10.1. The van der Waals surface area contributed by atoms with E-state index in [2.05, 4.69) is 60.0 Å². The molecule has 2 rings (SSSR count). The van der Waals surface area contributed by atoms with Crippen molar-refractivity contribution in [3.8, 4) is 0 Å². The molecule has 0 radical (unpaired) electrons. The summed E-state index contributed by atoms with van der Waals surface area (Å²) in [6, 6.07) is 12.2. The van der Waals surface area contributed by atoms with Crippen molar-refractivity contribution in [1.29, 1.82) is 0 Å². The van der Waals surface area contributed by atoms with Gasteiger partial charge in [-0.25, -0.2) is 0 Å². The zero-order chi connectivity index (χ0) is 14.0. The molecule has 100 valence electrons. The largest absolute Gasteiger partial charge is 0.378 e. The quantitative estimate of drug-likeness (QED) is 0.610. The number of nitrogens with one attached hydrogen (secondary N) is 1. The van der Waals surface area contributed by atoms with Crippen LogP contribution >= 0.6 is 45.8 Å². The minimum atomic E-state index is 0.174. The summed E-state index contributed by atoms with van der Waals surface area (Å²) in [6.45, 7) is 4.21. The van der Waals surface area contributed by atoms with Crippen molar-refractivity contribution < 1.29 is 0 Å². The van der Waals surface area contributed by atoms with Gasteiger partial charge in [0.25, 0.3) is 0 Å². The predicted molar refractivity (Wildman–Crippen MR) is 92.4 cm³/mol. The van der Waals surface area contributed by atoms with Crippen LogP contribution in [0.1, 0.15) is 24.1 Å². The fourth-order valence-electron chi connectivity index (χ4n) is 1.80. The Labute approximate surface area is 137 Å². The Morgan fingerprint density at radius 2 is 1.79 bits per heavy atom. The van der Waals surface area contributed by atoms with Crippen LogP contribution in [-0.4, -0.2) is 0 Å². The van der Waals surface area contributed by atoms with Gasteiger partial charge in [-0.1, -0.05) is 35.3 Å². The van der Waals surface area contributed by atoms with E-state index in [0.29, 0.717) is 10.0 Å². The molecule has 1 N–H and O–H groups in total. The van der Waals surface area contributed by atoms with E-state index < -0.39 is 0 Å². The second-order valence-corrected chi connectivity index (χ2v) is 6.48. The maximum Gasteiger partial charge on any atom is 0.0595 e. The molecule has 1 nitrogen and oxygen atoms in total. The maximum atomic E-state index is 6.05. The van der Waals surface area contributed by atoms with Crippen LogP contribution in [0, 0.1) is 10.5 Å². The fourth-order valence-corrected chi connectivity index (χ4v) is 2.62. The first-order valence-corrected chi connectivity index (χ1v) is 7.78. The Balaban J connectivity index is 2.17. The molecule has 0 saturated heterocycles. The van der Waals surface area contributed by atoms with Gasteiger partial charge < -0.3 is 5.32 Å². The van der Waals surface area contributed by atoms with Gasteiger partial charge in [0.05, 0.1) is 10.0 Å². The lowest BCUT2D eigenvalue weighted by Gasteiger charge is -2.17. The molecule has 0 aliphatic carbocycles. The monoisotopic (exact) mass is 405 g/mol. The summed E-state index contributed by atoms with van der Waals surface area (Å²) in [5.74, 6) is 0. The molecule has 0 aromatic heterocycles. The number of halogens is 3. The van der Waals surface area contributed by atoms with Gasteiger partial charge in [-0.05, 0) is 71.8 Å². The third-order valence-electron chi connectivity index (χ3n) is 3.00. The van der Waals surface area contributed by atoms with Gasteiger partial charge in [0.2, 0.25) is 0 Å². The second-order valence-electron chi connectivity index (χ2n) is 4.50. The zero-order valence-corrected chi connectivity index (χ0v) is 14.3. The molecule has 0 aliphatic heterocycles. The Bertz CT molecular complexity index is 599. The molecule has 0 aliphatic rings. The molecule has 0 amide bonds. The summed E-state index contributed by atoms with van der Waals surface area (Å²) in [5, 5.41) is 4.64. The van der Waals surface area contributed by atoms with Crippen molar-refractivity contribution in [2.75, 3.05) is 5.32 Å². The van der Waals surface area contributed by atoms with Gasteiger partial charge in [-0.15, -0.1) is 0 Å². The van der Waals surface area contributed by atoms with Crippen molar-refractivity contribution in [2.24, 2.45) is 0 Å². The van der Waals surface area contributed by atoms with Crippen molar-refractivity contribution in [2.45, 2.75) is 19.9 Å². The summed E-state index contributed by atoms with van der Waals surface area (Å²) < 4.78 is 1.25. The summed E-state index contributed by atoms with van der Waals surface area (Å²) in [6.07, 6.45) is 0. The molecule has 0 fully saturated rings. The van der Waals surface area contributed by atoms with Gasteiger partial charge in [0, 0.05) is 15.3 Å². The van der Waals surface area contributed by atoms with Gasteiger partial charge in [-0.3, -0.25) is 0 Å². The first-order valence-electron chi connectivity index (χ1n) is 5.95. The minimum Gasteiger partial charge on any atom is -0.378 e. The molecule has 1 unspecified atom stereocenters. The van der Waals surface area contributed by atoms with Crippen LogP contribution < -0.4 is 5.32 Å². The zero-order valence-electron chi connectivity index (χ0n) is 10.7. The number of anilines is 1. The van der Waals surface area contributed by atoms with Crippen molar-refractivity contribution in [3.63, 3.8) is 0 Å². The molecule has 0 saturated carbocycles. The second kappa shape index (κ2) is 6.33. The molecule has 0 bridgehead atoms. The maximum absolute atomic E-state index is 6.05. The highest BCUT2D eigenvalue weighted by Crippen LogP contribution is 2.28.